The monoisotopic (exact) mass is 300 g/mol. The summed E-state index contributed by atoms with van der Waals surface area (Å²) in [7, 11) is 1.23. The fourth-order valence-electron chi connectivity index (χ4n) is 1.66. The molecule has 0 aromatic heterocycles. The third-order valence-corrected chi connectivity index (χ3v) is 2.70. The Bertz CT molecular complexity index is 626. The van der Waals surface area contributed by atoms with Gasteiger partial charge in [0.15, 0.2) is 0 Å². The Morgan fingerprint density at radius 2 is 1.59 bits per heavy atom. The van der Waals surface area contributed by atoms with E-state index in [4.69, 9.17) is 4.74 Å². The molecule has 0 aliphatic rings. The van der Waals surface area contributed by atoms with E-state index in [-0.39, 0.29) is 12.5 Å². The van der Waals surface area contributed by atoms with Crippen molar-refractivity contribution in [1.29, 1.82) is 0 Å². The lowest BCUT2D eigenvalue weighted by Crippen LogP contribution is -2.32. The van der Waals surface area contributed by atoms with Crippen LogP contribution in [0.4, 0.5) is 10.5 Å². The largest absolute Gasteiger partial charge is 0.457 e. The summed E-state index contributed by atoms with van der Waals surface area (Å²) in [5.74, 6) is 1.06. The van der Waals surface area contributed by atoms with Crippen molar-refractivity contribution in [3.63, 3.8) is 0 Å². The Morgan fingerprint density at radius 3 is 2.23 bits per heavy atom. The first-order valence-electron chi connectivity index (χ1n) is 6.62. The standard InChI is InChI=1S/C16H16N2O4/c1-21-16(20)17-11-15(19)18-12-7-9-14(10-8-12)22-13-5-3-2-4-6-13/h2-10H,11H2,1H3,(H,17,20)(H,18,19). The van der Waals surface area contributed by atoms with Crippen LogP contribution in [0.25, 0.3) is 0 Å². The summed E-state index contributed by atoms with van der Waals surface area (Å²) in [6.45, 7) is -0.158. The van der Waals surface area contributed by atoms with Gasteiger partial charge in [0.05, 0.1) is 7.11 Å². The number of methoxy groups -OCH3 is 1. The second-order valence-electron chi connectivity index (χ2n) is 4.33. The third-order valence-electron chi connectivity index (χ3n) is 2.70. The Kier molecular flexibility index (Phi) is 5.37. The van der Waals surface area contributed by atoms with Gasteiger partial charge in [0, 0.05) is 5.69 Å². The first-order valence-corrected chi connectivity index (χ1v) is 6.62. The average molecular weight is 300 g/mol. The van der Waals surface area contributed by atoms with Gasteiger partial charge in [-0.3, -0.25) is 4.79 Å². The van der Waals surface area contributed by atoms with E-state index in [1.54, 1.807) is 24.3 Å². The van der Waals surface area contributed by atoms with Crippen LogP contribution in [0, 0.1) is 0 Å². The van der Waals surface area contributed by atoms with E-state index >= 15 is 0 Å². The average Bonchev–Trinajstić information content (AvgIpc) is 2.55. The zero-order valence-electron chi connectivity index (χ0n) is 12.0. The first-order chi connectivity index (χ1) is 10.7. The summed E-state index contributed by atoms with van der Waals surface area (Å²) in [5, 5.41) is 4.95. The summed E-state index contributed by atoms with van der Waals surface area (Å²) >= 11 is 0. The van der Waals surface area contributed by atoms with Crippen molar-refractivity contribution < 1.29 is 19.1 Å². The lowest BCUT2D eigenvalue weighted by atomic mass is 10.3. The Morgan fingerprint density at radius 1 is 0.955 bits per heavy atom. The minimum atomic E-state index is -0.651. The number of ether oxygens (including phenoxy) is 2. The van der Waals surface area contributed by atoms with Gasteiger partial charge in [-0.05, 0) is 36.4 Å². The van der Waals surface area contributed by atoms with Gasteiger partial charge in [0.1, 0.15) is 18.0 Å². The van der Waals surface area contributed by atoms with E-state index in [0.717, 1.165) is 5.75 Å². The van der Waals surface area contributed by atoms with Crippen LogP contribution in [0.2, 0.25) is 0 Å². The highest BCUT2D eigenvalue weighted by Crippen LogP contribution is 2.22. The maximum absolute atomic E-state index is 11.6. The number of benzene rings is 2. The van der Waals surface area contributed by atoms with Gasteiger partial charge in [0.25, 0.3) is 0 Å². The van der Waals surface area contributed by atoms with Crippen molar-refractivity contribution in [1.82, 2.24) is 5.32 Å². The van der Waals surface area contributed by atoms with E-state index in [9.17, 15) is 9.59 Å². The van der Waals surface area contributed by atoms with Crippen molar-refractivity contribution in [3.05, 3.63) is 54.6 Å². The molecule has 0 heterocycles. The molecule has 2 aromatic rings. The van der Waals surface area contributed by atoms with Crippen molar-refractivity contribution in [2.75, 3.05) is 19.0 Å². The molecule has 6 heteroatoms. The molecule has 0 saturated carbocycles. The number of rotatable bonds is 5. The van der Waals surface area contributed by atoms with Gasteiger partial charge < -0.3 is 20.1 Å². The lowest BCUT2D eigenvalue weighted by molar-refractivity contribution is -0.115. The molecule has 114 valence electrons. The number of carbonyl (C=O) groups is 2. The molecular formula is C16H16N2O4. The lowest BCUT2D eigenvalue weighted by Gasteiger charge is -2.08. The van der Waals surface area contributed by atoms with Crippen molar-refractivity contribution >= 4 is 17.7 Å². The molecule has 2 N–H and O–H groups in total. The van der Waals surface area contributed by atoms with Crippen LogP contribution in [0.5, 0.6) is 11.5 Å². The number of amides is 2. The van der Waals surface area contributed by atoms with Crippen LogP contribution >= 0.6 is 0 Å². The number of nitrogens with one attached hydrogen (secondary N) is 2. The van der Waals surface area contributed by atoms with Gasteiger partial charge in [-0.15, -0.1) is 0 Å². The molecule has 2 aromatic carbocycles. The SMILES string of the molecule is COC(=O)NCC(=O)Nc1ccc(Oc2ccccc2)cc1. The van der Waals surface area contributed by atoms with Crippen LogP contribution in [0.15, 0.2) is 54.6 Å². The molecule has 0 unspecified atom stereocenters. The summed E-state index contributed by atoms with van der Waals surface area (Å²) in [4.78, 5) is 22.5. The molecule has 0 spiro atoms. The number of anilines is 1. The highest BCUT2D eigenvalue weighted by atomic mass is 16.5. The maximum atomic E-state index is 11.6. The Balaban J connectivity index is 1.86. The molecule has 0 aliphatic carbocycles. The fraction of sp³-hybridized carbons (Fsp3) is 0.125. The second-order valence-corrected chi connectivity index (χ2v) is 4.33. The van der Waals surface area contributed by atoms with Crippen LogP contribution in [-0.4, -0.2) is 25.7 Å². The molecule has 0 atom stereocenters. The fourth-order valence-corrected chi connectivity index (χ4v) is 1.66. The molecule has 6 nitrogen and oxygen atoms in total. The van der Waals surface area contributed by atoms with E-state index in [1.807, 2.05) is 30.3 Å². The minimum absolute atomic E-state index is 0.158. The van der Waals surface area contributed by atoms with Crippen LogP contribution < -0.4 is 15.4 Å². The number of alkyl carbamates (subject to hydrolysis) is 1. The van der Waals surface area contributed by atoms with E-state index in [1.165, 1.54) is 7.11 Å². The first kappa shape index (κ1) is 15.4. The van der Waals surface area contributed by atoms with Gasteiger partial charge in [-0.2, -0.15) is 0 Å². The third kappa shape index (κ3) is 4.82. The predicted molar refractivity (Wildman–Crippen MR) is 82.0 cm³/mol. The topological polar surface area (TPSA) is 76.7 Å². The number of hydrogen-bond acceptors (Lipinski definition) is 4. The molecule has 0 radical (unpaired) electrons. The minimum Gasteiger partial charge on any atom is -0.457 e. The second kappa shape index (κ2) is 7.68. The van der Waals surface area contributed by atoms with Crippen molar-refractivity contribution in [3.8, 4) is 11.5 Å². The van der Waals surface area contributed by atoms with Gasteiger partial charge in [0.2, 0.25) is 5.91 Å². The van der Waals surface area contributed by atoms with Crippen molar-refractivity contribution in [2.24, 2.45) is 0 Å². The molecule has 0 saturated heterocycles. The molecule has 2 rings (SSSR count). The Hall–Kier alpha value is -3.02. The number of hydrogen-bond donors (Lipinski definition) is 2. The van der Waals surface area contributed by atoms with Crippen LogP contribution in [0.3, 0.4) is 0 Å². The number of carbonyl (C=O) groups excluding carboxylic acids is 2. The summed E-state index contributed by atoms with van der Waals surface area (Å²) in [6, 6.07) is 16.3. The van der Waals surface area contributed by atoms with E-state index in [0.29, 0.717) is 11.4 Å². The van der Waals surface area contributed by atoms with E-state index in [2.05, 4.69) is 15.4 Å². The Labute approximate surface area is 128 Å². The quantitative estimate of drug-likeness (QED) is 0.890. The van der Waals surface area contributed by atoms with Crippen LogP contribution in [0.1, 0.15) is 0 Å². The number of para-hydroxylation sites is 1. The summed E-state index contributed by atoms with van der Waals surface area (Å²) < 4.78 is 10.0. The predicted octanol–water partition coefficient (Wildman–Crippen LogP) is 2.77. The van der Waals surface area contributed by atoms with E-state index < -0.39 is 6.09 Å². The normalized spacial score (nSPS) is 9.68. The van der Waals surface area contributed by atoms with Crippen molar-refractivity contribution in [2.45, 2.75) is 0 Å². The molecule has 2 amide bonds. The maximum Gasteiger partial charge on any atom is 0.407 e. The highest BCUT2D eigenvalue weighted by Gasteiger charge is 2.05. The smallest absolute Gasteiger partial charge is 0.407 e. The molecule has 0 bridgehead atoms. The zero-order valence-corrected chi connectivity index (χ0v) is 12.0. The molecular weight excluding hydrogens is 284 g/mol. The van der Waals surface area contributed by atoms with Gasteiger partial charge in [-0.1, -0.05) is 18.2 Å². The molecule has 0 aliphatic heterocycles. The van der Waals surface area contributed by atoms with Gasteiger partial charge in [-0.25, -0.2) is 4.79 Å². The summed E-state index contributed by atoms with van der Waals surface area (Å²) in [6.07, 6.45) is -0.651. The zero-order chi connectivity index (χ0) is 15.8. The summed E-state index contributed by atoms with van der Waals surface area (Å²) in [5.41, 5.74) is 0.608. The highest BCUT2D eigenvalue weighted by molar-refractivity contribution is 5.93. The van der Waals surface area contributed by atoms with Crippen LogP contribution in [-0.2, 0) is 9.53 Å². The molecule has 22 heavy (non-hydrogen) atoms. The molecule has 0 fully saturated rings. The van der Waals surface area contributed by atoms with Gasteiger partial charge >= 0.3 is 6.09 Å².